The van der Waals surface area contributed by atoms with Gasteiger partial charge in [0, 0.05) is 31.2 Å². The van der Waals surface area contributed by atoms with Crippen molar-refractivity contribution in [3.05, 3.63) is 30.7 Å². The highest BCUT2D eigenvalue weighted by molar-refractivity contribution is 5.78. The molecular weight excluding hydrogens is 266 g/mol. The van der Waals surface area contributed by atoms with Crippen molar-refractivity contribution in [3.63, 3.8) is 0 Å². The monoisotopic (exact) mass is 285 g/mol. The number of benzene rings is 1. The van der Waals surface area contributed by atoms with E-state index in [2.05, 4.69) is 15.3 Å². The lowest BCUT2D eigenvalue weighted by Gasteiger charge is -2.41. The zero-order valence-corrected chi connectivity index (χ0v) is 12.1. The van der Waals surface area contributed by atoms with E-state index in [0.717, 1.165) is 42.3 Å². The van der Waals surface area contributed by atoms with Crippen molar-refractivity contribution in [3.8, 4) is 5.75 Å². The molecule has 1 aromatic carbocycles. The molecular formula is C16H19N3O2. The van der Waals surface area contributed by atoms with Gasteiger partial charge in [-0.2, -0.15) is 0 Å². The molecule has 2 aromatic rings. The van der Waals surface area contributed by atoms with E-state index in [9.17, 15) is 0 Å². The summed E-state index contributed by atoms with van der Waals surface area (Å²) in [5.74, 6) is 0.842. The summed E-state index contributed by atoms with van der Waals surface area (Å²) in [5, 5.41) is 4.61. The minimum Gasteiger partial charge on any atom is -0.470 e. The fourth-order valence-electron chi connectivity index (χ4n) is 3.63. The highest BCUT2D eigenvalue weighted by atomic mass is 16.6. The van der Waals surface area contributed by atoms with Crippen LogP contribution >= 0.6 is 0 Å². The van der Waals surface area contributed by atoms with Crippen LogP contribution in [-0.2, 0) is 4.74 Å². The minimum atomic E-state index is -0.388. The Morgan fingerprint density at radius 1 is 1.29 bits per heavy atom. The quantitative estimate of drug-likeness (QED) is 0.937. The number of fused-ring (bicyclic) bond motifs is 3. The molecule has 2 saturated heterocycles. The highest BCUT2D eigenvalue weighted by Gasteiger charge is 2.50. The lowest BCUT2D eigenvalue weighted by Crippen LogP contribution is -2.60. The van der Waals surface area contributed by atoms with Gasteiger partial charge in [0.05, 0.1) is 5.52 Å². The molecule has 4 rings (SSSR count). The van der Waals surface area contributed by atoms with Crippen molar-refractivity contribution < 1.29 is 9.47 Å². The summed E-state index contributed by atoms with van der Waals surface area (Å²) in [7, 11) is 1.77. The standard InChI is InChI=1S/C16H19N3O2/c1-20-15-5-2-12-6-7-16(15,19-12)21-13-3-4-14-11(8-13)9-17-10-18-14/h3-4,8-10,12,15,19H,2,5-7H2,1H3. The third-order valence-corrected chi connectivity index (χ3v) is 4.67. The molecule has 3 heterocycles. The van der Waals surface area contributed by atoms with Gasteiger partial charge in [0.1, 0.15) is 18.2 Å². The zero-order chi connectivity index (χ0) is 14.3. The average Bonchev–Trinajstić information content (AvgIpc) is 2.85. The van der Waals surface area contributed by atoms with E-state index in [-0.39, 0.29) is 11.8 Å². The van der Waals surface area contributed by atoms with Crippen molar-refractivity contribution in [1.29, 1.82) is 0 Å². The van der Waals surface area contributed by atoms with E-state index >= 15 is 0 Å². The van der Waals surface area contributed by atoms with Crippen molar-refractivity contribution in [2.75, 3.05) is 7.11 Å². The second-order valence-electron chi connectivity index (χ2n) is 5.92. The van der Waals surface area contributed by atoms with Crippen LogP contribution in [0.4, 0.5) is 0 Å². The molecule has 2 bridgehead atoms. The number of nitrogens with zero attached hydrogens (tertiary/aromatic N) is 2. The molecule has 2 aliphatic heterocycles. The molecule has 21 heavy (non-hydrogen) atoms. The highest BCUT2D eigenvalue weighted by Crippen LogP contribution is 2.39. The van der Waals surface area contributed by atoms with Crippen LogP contribution in [0.25, 0.3) is 10.9 Å². The summed E-state index contributed by atoms with van der Waals surface area (Å²) in [6.07, 6.45) is 7.81. The van der Waals surface area contributed by atoms with Gasteiger partial charge in [-0.05, 0) is 37.5 Å². The molecule has 2 fully saturated rings. The van der Waals surface area contributed by atoms with Gasteiger partial charge in [-0.25, -0.2) is 9.97 Å². The number of hydrogen-bond donors (Lipinski definition) is 1. The molecule has 3 atom stereocenters. The van der Waals surface area contributed by atoms with Crippen LogP contribution in [0.2, 0.25) is 0 Å². The molecule has 2 aliphatic rings. The second-order valence-corrected chi connectivity index (χ2v) is 5.92. The first-order valence-corrected chi connectivity index (χ1v) is 7.48. The summed E-state index contributed by atoms with van der Waals surface area (Å²) in [4.78, 5) is 8.31. The van der Waals surface area contributed by atoms with Crippen LogP contribution in [0, 0.1) is 0 Å². The van der Waals surface area contributed by atoms with Gasteiger partial charge in [0.25, 0.3) is 0 Å². The molecule has 0 spiro atoms. The van der Waals surface area contributed by atoms with Crippen molar-refractivity contribution >= 4 is 10.9 Å². The lowest BCUT2D eigenvalue weighted by molar-refractivity contribution is -0.103. The zero-order valence-electron chi connectivity index (χ0n) is 12.1. The Bertz CT molecular complexity index is 663. The number of piperidine rings is 1. The van der Waals surface area contributed by atoms with E-state index in [4.69, 9.17) is 9.47 Å². The maximum atomic E-state index is 6.35. The van der Waals surface area contributed by atoms with Gasteiger partial charge in [-0.15, -0.1) is 0 Å². The lowest BCUT2D eigenvalue weighted by atomic mass is 9.98. The predicted octanol–water partition coefficient (Wildman–Crippen LogP) is 2.27. The third kappa shape index (κ3) is 2.17. The SMILES string of the molecule is COC1CCC2CCC1(Oc1ccc3ncncc3c1)N2. The Balaban J connectivity index is 1.66. The van der Waals surface area contributed by atoms with E-state index in [1.165, 1.54) is 0 Å². The van der Waals surface area contributed by atoms with Crippen LogP contribution in [-0.4, -0.2) is 34.9 Å². The van der Waals surface area contributed by atoms with Crippen LogP contribution < -0.4 is 10.1 Å². The Hall–Kier alpha value is -1.72. The number of hydrogen-bond acceptors (Lipinski definition) is 5. The molecule has 5 nitrogen and oxygen atoms in total. The normalized spacial score (nSPS) is 31.5. The number of rotatable bonds is 3. The predicted molar refractivity (Wildman–Crippen MR) is 79.1 cm³/mol. The van der Waals surface area contributed by atoms with Gasteiger partial charge in [0.15, 0.2) is 5.72 Å². The molecule has 3 unspecified atom stereocenters. The van der Waals surface area contributed by atoms with Gasteiger partial charge < -0.3 is 9.47 Å². The fraction of sp³-hybridized carbons (Fsp3) is 0.500. The summed E-state index contributed by atoms with van der Waals surface area (Å²) in [5.41, 5.74) is 0.542. The minimum absolute atomic E-state index is 0.0963. The van der Waals surface area contributed by atoms with Gasteiger partial charge in [-0.1, -0.05) is 0 Å². The summed E-state index contributed by atoms with van der Waals surface area (Å²) in [6, 6.07) is 6.50. The van der Waals surface area contributed by atoms with Crippen LogP contribution in [0.1, 0.15) is 25.7 Å². The Morgan fingerprint density at radius 3 is 3.14 bits per heavy atom. The van der Waals surface area contributed by atoms with Crippen LogP contribution in [0.5, 0.6) is 5.75 Å². The number of methoxy groups -OCH3 is 1. The van der Waals surface area contributed by atoms with Crippen LogP contribution in [0.15, 0.2) is 30.7 Å². The van der Waals surface area contributed by atoms with E-state index < -0.39 is 0 Å². The van der Waals surface area contributed by atoms with Gasteiger partial charge in [0.2, 0.25) is 0 Å². The summed E-state index contributed by atoms with van der Waals surface area (Å²) in [6.45, 7) is 0. The largest absolute Gasteiger partial charge is 0.470 e. The molecule has 0 radical (unpaired) electrons. The Kier molecular flexibility index (Phi) is 3.05. The van der Waals surface area contributed by atoms with E-state index in [1.807, 2.05) is 24.4 Å². The van der Waals surface area contributed by atoms with Gasteiger partial charge >= 0.3 is 0 Å². The first-order valence-electron chi connectivity index (χ1n) is 7.48. The molecule has 1 N–H and O–H groups in total. The Morgan fingerprint density at radius 2 is 2.24 bits per heavy atom. The maximum absolute atomic E-state index is 6.35. The number of ether oxygens (including phenoxy) is 2. The molecule has 5 heteroatoms. The van der Waals surface area contributed by atoms with E-state index in [1.54, 1.807) is 13.4 Å². The van der Waals surface area contributed by atoms with Gasteiger partial charge in [-0.3, -0.25) is 5.32 Å². The topological polar surface area (TPSA) is 56.3 Å². The first kappa shape index (κ1) is 13.0. The van der Waals surface area contributed by atoms with Crippen molar-refractivity contribution in [2.24, 2.45) is 0 Å². The molecule has 110 valence electrons. The molecule has 0 aliphatic carbocycles. The third-order valence-electron chi connectivity index (χ3n) is 4.67. The van der Waals surface area contributed by atoms with E-state index in [0.29, 0.717) is 6.04 Å². The Labute approximate surface area is 123 Å². The van der Waals surface area contributed by atoms with Crippen molar-refractivity contribution in [2.45, 2.75) is 43.6 Å². The fourth-order valence-corrected chi connectivity index (χ4v) is 3.63. The molecule has 0 amide bonds. The summed E-state index contributed by atoms with van der Waals surface area (Å²) >= 11 is 0. The smallest absolute Gasteiger partial charge is 0.187 e. The summed E-state index contributed by atoms with van der Waals surface area (Å²) < 4.78 is 12.0. The average molecular weight is 285 g/mol. The number of aromatic nitrogens is 2. The van der Waals surface area contributed by atoms with Crippen molar-refractivity contribution in [1.82, 2.24) is 15.3 Å². The second kappa shape index (κ2) is 4.93. The number of nitrogens with one attached hydrogen (secondary N) is 1. The molecule has 0 saturated carbocycles. The maximum Gasteiger partial charge on any atom is 0.187 e. The molecule has 1 aromatic heterocycles. The van der Waals surface area contributed by atoms with Crippen LogP contribution in [0.3, 0.4) is 0 Å². The first-order chi connectivity index (χ1) is 10.3.